The third kappa shape index (κ3) is 8.94. The molecule has 2 heterocycles. The number of esters is 1. The highest BCUT2D eigenvalue weighted by molar-refractivity contribution is 7.99. The summed E-state index contributed by atoms with van der Waals surface area (Å²) in [5.74, 6) is -1.44. The lowest BCUT2D eigenvalue weighted by atomic mass is 10.2. The van der Waals surface area contributed by atoms with Gasteiger partial charge in [-0.1, -0.05) is 55.1 Å². The summed E-state index contributed by atoms with van der Waals surface area (Å²) in [6.45, 7) is 5.12. The fraction of sp³-hybridized carbons (Fsp3) is 0.200. The van der Waals surface area contributed by atoms with E-state index < -0.39 is 25.3 Å². The molecule has 0 saturated carbocycles. The number of nitrogens with zero attached hydrogens (tertiary/aromatic N) is 3. The minimum atomic E-state index is -3.92. The van der Waals surface area contributed by atoms with Crippen LogP contribution in [0.3, 0.4) is 0 Å². The standard InChI is InChI=1S/C35H35N4O5PS.H2S/c1-24(2)43-35(41)25(3)23-45(42,44-27-13-6-5-7-14-27)39(4)34(40)30-15-8-9-16-33(30)46-28-18-19-29-31(37-38-32(29)22-28)20-17-26-12-10-11-21-36-26;/h5-22,24-25H,23H2,1-4H3,(H,37,38);1H2/b20-17+;/t25-,45?;/m1./s1. The molecule has 2 atom stereocenters. The molecule has 3 aromatic carbocycles. The van der Waals surface area contributed by atoms with E-state index in [0.717, 1.165) is 31.9 Å². The number of aromatic amines is 1. The van der Waals surface area contributed by atoms with Crippen LogP contribution in [0.15, 0.2) is 107 Å². The molecule has 47 heavy (non-hydrogen) atoms. The van der Waals surface area contributed by atoms with Crippen molar-refractivity contribution >= 4 is 67.7 Å². The molecule has 0 spiro atoms. The first-order valence-electron chi connectivity index (χ1n) is 14.8. The number of hydrogen-bond donors (Lipinski definition) is 1. The minimum absolute atomic E-state index is 0. The first-order chi connectivity index (χ1) is 22.1. The Morgan fingerprint density at radius 2 is 1.68 bits per heavy atom. The van der Waals surface area contributed by atoms with Gasteiger partial charge in [0.25, 0.3) is 5.91 Å². The van der Waals surface area contributed by atoms with E-state index in [4.69, 9.17) is 9.26 Å². The van der Waals surface area contributed by atoms with Gasteiger partial charge in [0.05, 0.1) is 40.7 Å². The monoisotopic (exact) mass is 688 g/mol. The maximum absolute atomic E-state index is 14.5. The maximum atomic E-state index is 14.5. The smallest absolute Gasteiger partial charge is 0.346 e. The summed E-state index contributed by atoms with van der Waals surface area (Å²) in [5.41, 5.74) is 2.82. The molecule has 1 unspecified atom stereocenters. The molecule has 2 aromatic heterocycles. The zero-order valence-corrected chi connectivity index (χ0v) is 29.2. The number of carbonyl (C=O) groups excluding carboxylic acids is 2. The van der Waals surface area contributed by atoms with Crippen molar-refractivity contribution in [2.45, 2.75) is 36.7 Å². The summed E-state index contributed by atoms with van der Waals surface area (Å²) in [7, 11) is -2.47. The lowest BCUT2D eigenvalue weighted by Gasteiger charge is -2.30. The van der Waals surface area contributed by atoms with Crippen LogP contribution in [0.25, 0.3) is 23.1 Å². The molecular formula is C35H37N4O5PS2. The van der Waals surface area contributed by atoms with Crippen LogP contribution in [0.4, 0.5) is 0 Å². The van der Waals surface area contributed by atoms with Gasteiger partial charge >= 0.3 is 13.5 Å². The zero-order chi connectivity index (χ0) is 32.7. The van der Waals surface area contributed by atoms with E-state index in [1.807, 2.05) is 66.7 Å². The second kappa shape index (κ2) is 16.0. The van der Waals surface area contributed by atoms with Crippen LogP contribution in [0.2, 0.25) is 0 Å². The quantitative estimate of drug-likeness (QED) is 0.103. The number of amides is 1. The van der Waals surface area contributed by atoms with Gasteiger partial charge in [-0.2, -0.15) is 18.6 Å². The summed E-state index contributed by atoms with van der Waals surface area (Å²) in [4.78, 5) is 32.6. The topological polar surface area (TPSA) is 114 Å². The van der Waals surface area contributed by atoms with Crippen LogP contribution in [-0.2, 0) is 14.1 Å². The third-order valence-electron chi connectivity index (χ3n) is 7.01. The van der Waals surface area contributed by atoms with Gasteiger partial charge in [-0.05, 0) is 80.6 Å². The molecule has 0 aliphatic rings. The van der Waals surface area contributed by atoms with Gasteiger partial charge < -0.3 is 9.26 Å². The van der Waals surface area contributed by atoms with Gasteiger partial charge in [0.1, 0.15) is 5.75 Å². The highest BCUT2D eigenvalue weighted by Gasteiger charge is 2.39. The van der Waals surface area contributed by atoms with Crippen LogP contribution >= 0.6 is 32.8 Å². The lowest BCUT2D eigenvalue weighted by Crippen LogP contribution is -2.31. The minimum Gasteiger partial charge on any atom is -0.463 e. The van der Waals surface area contributed by atoms with Crippen LogP contribution < -0.4 is 4.52 Å². The number of pyridine rings is 1. The van der Waals surface area contributed by atoms with E-state index in [-0.39, 0.29) is 25.8 Å². The molecule has 0 fully saturated rings. The number of H-pyrrole nitrogens is 1. The van der Waals surface area contributed by atoms with Gasteiger partial charge in [0.15, 0.2) is 0 Å². The Morgan fingerprint density at radius 3 is 2.40 bits per heavy atom. The Balaban J connectivity index is 0.00000500. The van der Waals surface area contributed by atoms with Crippen molar-refractivity contribution in [3.05, 3.63) is 114 Å². The molecule has 244 valence electrons. The second-order valence-corrected chi connectivity index (χ2v) is 14.5. The number of carbonyl (C=O) groups is 2. The molecule has 0 bridgehead atoms. The van der Waals surface area contributed by atoms with Gasteiger partial charge in [0, 0.05) is 28.4 Å². The van der Waals surface area contributed by atoms with Crippen molar-refractivity contribution in [1.82, 2.24) is 19.9 Å². The zero-order valence-electron chi connectivity index (χ0n) is 26.5. The molecule has 1 amide bonds. The molecule has 12 heteroatoms. The molecule has 0 aliphatic heterocycles. The lowest BCUT2D eigenvalue weighted by molar-refractivity contribution is -0.151. The first kappa shape index (κ1) is 35.5. The van der Waals surface area contributed by atoms with Crippen LogP contribution in [0.1, 0.15) is 42.5 Å². The number of rotatable bonds is 12. The Kier molecular flexibility index (Phi) is 12.1. The van der Waals surface area contributed by atoms with Crippen LogP contribution in [0, 0.1) is 5.92 Å². The first-order valence-corrected chi connectivity index (χ1v) is 17.4. The van der Waals surface area contributed by atoms with Crippen molar-refractivity contribution in [2.24, 2.45) is 5.92 Å². The Hall–Kier alpha value is -4.31. The van der Waals surface area contributed by atoms with E-state index in [1.54, 1.807) is 63.4 Å². The molecule has 0 aliphatic carbocycles. The number of nitrogens with one attached hydrogen (secondary N) is 1. The maximum Gasteiger partial charge on any atom is 0.346 e. The SMILES string of the molecule is CC(C)OC(=O)[C@H](C)CP(=O)(Oc1ccccc1)N(C)C(=O)c1ccccc1Sc1ccc2c(/C=C/c3ccccn3)n[nH]c2c1.S. The van der Waals surface area contributed by atoms with Crippen molar-refractivity contribution in [3.63, 3.8) is 0 Å². The van der Waals surface area contributed by atoms with Crippen molar-refractivity contribution in [2.75, 3.05) is 13.2 Å². The van der Waals surface area contributed by atoms with Gasteiger partial charge in [-0.25, -0.2) is 0 Å². The summed E-state index contributed by atoms with van der Waals surface area (Å²) in [6, 6.07) is 27.4. The molecule has 0 radical (unpaired) electrons. The molecule has 5 aromatic rings. The molecule has 0 saturated heterocycles. The molecule has 1 N–H and O–H groups in total. The summed E-state index contributed by atoms with van der Waals surface area (Å²) < 4.78 is 27.0. The van der Waals surface area contributed by atoms with Crippen molar-refractivity contribution in [1.29, 1.82) is 0 Å². The Morgan fingerprint density at radius 1 is 0.957 bits per heavy atom. The number of ether oxygens (including phenoxy) is 1. The number of hydrogen-bond acceptors (Lipinski definition) is 8. The third-order valence-corrected chi connectivity index (χ3v) is 10.7. The van der Waals surface area contributed by atoms with Gasteiger partial charge in [-0.3, -0.25) is 28.9 Å². The molecule has 9 nitrogen and oxygen atoms in total. The van der Waals surface area contributed by atoms with E-state index in [2.05, 4.69) is 15.2 Å². The van der Waals surface area contributed by atoms with E-state index in [0.29, 0.717) is 16.2 Å². The average Bonchev–Trinajstić information content (AvgIpc) is 3.46. The normalized spacial score (nSPS) is 13.1. The van der Waals surface area contributed by atoms with Crippen molar-refractivity contribution in [3.8, 4) is 5.75 Å². The predicted molar refractivity (Wildman–Crippen MR) is 192 cm³/mol. The second-order valence-electron chi connectivity index (χ2n) is 10.9. The van der Waals surface area contributed by atoms with Gasteiger partial charge in [0.2, 0.25) is 0 Å². The highest BCUT2D eigenvalue weighted by atomic mass is 32.2. The van der Waals surface area contributed by atoms with Crippen LogP contribution in [-0.4, -0.2) is 51.0 Å². The number of para-hydroxylation sites is 1. The Labute approximate surface area is 285 Å². The van der Waals surface area contributed by atoms with E-state index in [9.17, 15) is 14.2 Å². The van der Waals surface area contributed by atoms with Crippen molar-refractivity contribution < 1.29 is 23.4 Å². The Bertz CT molecular complexity index is 1900. The summed E-state index contributed by atoms with van der Waals surface area (Å²) in [5, 5.41) is 8.49. The number of benzene rings is 3. The van der Waals surface area contributed by atoms with E-state index >= 15 is 0 Å². The fourth-order valence-corrected chi connectivity index (χ4v) is 7.75. The number of aromatic nitrogens is 3. The highest BCUT2D eigenvalue weighted by Crippen LogP contribution is 2.52. The molecular weight excluding hydrogens is 652 g/mol. The van der Waals surface area contributed by atoms with Crippen LogP contribution in [0.5, 0.6) is 5.75 Å². The fourth-order valence-electron chi connectivity index (χ4n) is 4.66. The van der Waals surface area contributed by atoms with E-state index in [1.165, 1.54) is 18.8 Å². The van der Waals surface area contributed by atoms with Gasteiger partial charge in [-0.15, -0.1) is 0 Å². The average molecular weight is 689 g/mol. The summed E-state index contributed by atoms with van der Waals surface area (Å²) in [6.07, 6.45) is 5.02. The summed E-state index contributed by atoms with van der Waals surface area (Å²) >= 11 is 1.41. The number of fused-ring (bicyclic) bond motifs is 1. The predicted octanol–water partition coefficient (Wildman–Crippen LogP) is 8.32. The molecule has 5 rings (SSSR count). The largest absolute Gasteiger partial charge is 0.463 e.